The van der Waals surface area contributed by atoms with E-state index in [1.165, 1.54) is 0 Å². The molecule has 2 N–H and O–H groups in total. The SMILES string of the molecule is Cc1ccc(C)n1-c1ccc(Cl)c(C(=O)NC2CCCCNC2=O)c1. The topological polar surface area (TPSA) is 63.1 Å². The van der Waals surface area contributed by atoms with Crippen molar-refractivity contribution in [2.45, 2.75) is 39.2 Å². The van der Waals surface area contributed by atoms with Crippen LogP contribution >= 0.6 is 11.6 Å². The van der Waals surface area contributed by atoms with E-state index in [0.29, 0.717) is 23.6 Å². The molecule has 1 unspecified atom stereocenters. The van der Waals surface area contributed by atoms with Crippen LogP contribution in [-0.4, -0.2) is 29.0 Å². The predicted molar refractivity (Wildman–Crippen MR) is 98.4 cm³/mol. The predicted octanol–water partition coefficient (Wildman–Crippen LogP) is 3.15. The molecule has 1 aromatic heterocycles. The Hall–Kier alpha value is -2.27. The van der Waals surface area contributed by atoms with E-state index < -0.39 is 6.04 Å². The molecule has 5 nitrogen and oxygen atoms in total. The van der Waals surface area contributed by atoms with E-state index in [2.05, 4.69) is 15.2 Å². The Morgan fingerprint density at radius 1 is 1.20 bits per heavy atom. The number of carbonyl (C=O) groups excluding carboxylic acids is 2. The van der Waals surface area contributed by atoms with Gasteiger partial charge in [-0.15, -0.1) is 0 Å². The Labute approximate surface area is 152 Å². The lowest BCUT2D eigenvalue weighted by atomic mass is 10.1. The Bertz CT molecular complexity index is 793. The second kappa shape index (κ2) is 7.31. The zero-order valence-corrected chi connectivity index (χ0v) is 15.2. The van der Waals surface area contributed by atoms with Crippen LogP contribution in [0.15, 0.2) is 30.3 Å². The summed E-state index contributed by atoms with van der Waals surface area (Å²) < 4.78 is 2.06. The largest absolute Gasteiger partial charge is 0.354 e. The minimum absolute atomic E-state index is 0.129. The van der Waals surface area contributed by atoms with Gasteiger partial charge in [0.2, 0.25) is 5.91 Å². The summed E-state index contributed by atoms with van der Waals surface area (Å²) in [5.74, 6) is -0.452. The molecule has 0 radical (unpaired) electrons. The molecule has 3 rings (SSSR count). The molecule has 2 heterocycles. The first-order valence-electron chi connectivity index (χ1n) is 8.51. The number of aromatic nitrogens is 1. The van der Waals surface area contributed by atoms with Gasteiger partial charge in [-0.3, -0.25) is 9.59 Å². The molecule has 0 bridgehead atoms. The molecule has 2 aromatic rings. The van der Waals surface area contributed by atoms with Crippen LogP contribution in [0.1, 0.15) is 41.0 Å². The highest BCUT2D eigenvalue weighted by atomic mass is 35.5. The van der Waals surface area contributed by atoms with Gasteiger partial charge in [-0.2, -0.15) is 0 Å². The van der Waals surface area contributed by atoms with Crippen LogP contribution < -0.4 is 10.6 Å². The highest BCUT2D eigenvalue weighted by Crippen LogP contribution is 2.23. The fourth-order valence-corrected chi connectivity index (χ4v) is 3.42. The number of carbonyl (C=O) groups is 2. The van der Waals surface area contributed by atoms with Crippen LogP contribution in [0.4, 0.5) is 0 Å². The van der Waals surface area contributed by atoms with E-state index in [0.717, 1.165) is 29.9 Å². The van der Waals surface area contributed by atoms with Gasteiger partial charge in [-0.25, -0.2) is 0 Å². The molecule has 0 spiro atoms. The van der Waals surface area contributed by atoms with Crippen molar-refractivity contribution in [1.29, 1.82) is 0 Å². The van der Waals surface area contributed by atoms with Gasteiger partial charge in [-0.1, -0.05) is 11.6 Å². The maximum Gasteiger partial charge on any atom is 0.253 e. The van der Waals surface area contributed by atoms with Crippen molar-refractivity contribution in [2.75, 3.05) is 6.54 Å². The number of amides is 2. The minimum atomic E-state index is -0.509. The summed E-state index contributed by atoms with van der Waals surface area (Å²) in [5, 5.41) is 6.02. The number of aryl methyl sites for hydroxylation is 2. The second-order valence-corrected chi connectivity index (χ2v) is 6.84. The van der Waals surface area contributed by atoms with Gasteiger partial charge in [0.05, 0.1) is 10.6 Å². The third-order valence-corrected chi connectivity index (χ3v) is 4.89. The van der Waals surface area contributed by atoms with Crippen LogP contribution in [0.25, 0.3) is 5.69 Å². The standard InChI is InChI=1S/C19H22ClN3O2/c1-12-6-7-13(2)23(12)14-8-9-16(20)15(11-14)18(24)22-17-5-3-4-10-21-19(17)25/h6-9,11,17H,3-5,10H2,1-2H3,(H,21,25)(H,22,24). The Morgan fingerprint density at radius 2 is 1.92 bits per heavy atom. The lowest BCUT2D eigenvalue weighted by Gasteiger charge is -2.17. The van der Waals surface area contributed by atoms with E-state index >= 15 is 0 Å². The summed E-state index contributed by atoms with van der Waals surface area (Å²) in [6, 6.07) is 8.92. The van der Waals surface area contributed by atoms with Crippen LogP contribution in [0, 0.1) is 13.8 Å². The molecule has 25 heavy (non-hydrogen) atoms. The third kappa shape index (κ3) is 3.71. The third-order valence-electron chi connectivity index (χ3n) is 4.56. The van der Waals surface area contributed by atoms with Gasteiger partial charge in [0.1, 0.15) is 6.04 Å². The Kier molecular flexibility index (Phi) is 5.13. The van der Waals surface area contributed by atoms with E-state index in [9.17, 15) is 9.59 Å². The highest BCUT2D eigenvalue weighted by Gasteiger charge is 2.24. The molecule has 1 atom stereocenters. The Morgan fingerprint density at radius 3 is 2.64 bits per heavy atom. The van der Waals surface area contributed by atoms with Crippen molar-refractivity contribution in [1.82, 2.24) is 15.2 Å². The quantitative estimate of drug-likeness (QED) is 0.884. The summed E-state index contributed by atoms with van der Waals surface area (Å²) in [7, 11) is 0. The number of hydrogen-bond donors (Lipinski definition) is 2. The first kappa shape index (κ1) is 17.5. The first-order valence-corrected chi connectivity index (χ1v) is 8.88. The molecule has 1 aliphatic rings. The van der Waals surface area contributed by atoms with Gasteiger partial charge in [-0.05, 0) is 63.4 Å². The molecule has 1 aliphatic heterocycles. The molecule has 1 aromatic carbocycles. The fourth-order valence-electron chi connectivity index (χ4n) is 3.22. The summed E-state index contributed by atoms with van der Waals surface area (Å²) in [6.07, 6.45) is 2.48. The summed E-state index contributed by atoms with van der Waals surface area (Å²) in [6.45, 7) is 4.68. The van der Waals surface area contributed by atoms with E-state index in [4.69, 9.17) is 11.6 Å². The normalized spacial score (nSPS) is 17.7. The fraction of sp³-hybridized carbons (Fsp3) is 0.368. The lowest BCUT2D eigenvalue weighted by molar-refractivity contribution is -0.122. The molecule has 132 valence electrons. The van der Waals surface area contributed by atoms with Gasteiger partial charge in [0.15, 0.2) is 0 Å². The Balaban J connectivity index is 1.87. The van der Waals surface area contributed by atoms with Crippen LogP contribution in [0.5, 0.6) is 0 Å². The van der Waals surface area contributed by atoms with E-state index in [1.54, 1.807) is 12.1 Å². The van der Waals surface area contributed by atoms with E-state index in [-0.39, 0.29) is 11.8 Å². The lowest BCUT2D eigenvalue weighted by Crippen LogP contribution is -2.45. The van der Waals surface area contributed by atoms with Crippen molar-refractivity contribution in [3.8, 4) is 5.69 Å². The van der Waals surface area contributed by atoms with Crippen LogP contribution in [0.3, 0.4) is 0 Å². The number of rotatable bonds is 3. The summed E-state index contributed by atoms with van der Waals surface area (Å²) >= 11 is 6.25. The van der Waals surface area contributed by atoms with Crippen molar-refractivity contribution < 1.29 is 9.59 Å². The molecular formula is C19H22ClN3O2. The minimum Gasteiger partial charge on any atom is -0.354 e. The molecule has 1 fully saturated rings. The molecule has 1 saturated heterocycles. The number of hydrogen-bond acceptors (Lipinski definition) is 2. The van der Waals surface area contributed by atoms with Gasteiger partial charge in [0.25, 0.3) is 5.91 Å². The van der Waals surface area contributed by atoms with Crippen molar-refractivity contribution in [3.05, 3.63) is 52.3 Å². The number of halogens is 1. The maximum atomic E-state index is 12.7. The average Bonchev–Trinajstić information content (AvgIpc) is 2.78. The maximum absolute atomic E-state index is 12.7. The highest BCUT2D eigenvalue weighted by molar-refractivity contribution is 6.34. The monoisotopic (exact) mass is 359 g/mol. The molecule has 0 aliphatic carbocycles. The smallest absolute Gasteiger partial charge is 0.253 e. The number of nitrogens with zero attached hydrogens (tertiary/aromatic N) is 1. The van der Waals surface area contributed by atoms with Crippen LogP contribution in [0.2, 0.25) is 5.02 Å². The number of nitrogens with one attached hydrogen (secondary N) is 2. The zero-order chi connectivity index (χ0) is 18.0. The number of benzene rings is 1. The van der Waals surface area contributed by atoms with Gasteiger partial charge in [0, 0.05) is 23.6 Å². The molecular weight excluding hydrogens is 338 g/mol. The van der Waals surface area contributed by atoms with Crippen molar-refractivity contribution >= 4 is 23.4 Å². The molecule has 0 saturated carbocycles. The average molecular weight is 360 g/mol. The zero-order valence-electron chi connectivity index (χ0n) is 14.4. The van der Waals surface area contributed by atoms with Gasteiger partial charge < -0.3 is 15.2 Å². The van der Waals surface area contributed by atoms with E-state index in [1.807, 2.05) is 32.0 Å². The van der Waals surface area contributed by atoms with Crippen LogP contribution in [-0.2, 0) is 4.79 Å². The molecule has 6 heteroatoms. The van der Waals surface area contributed by atoms with Crippen molar-refractivity contribution in [3.63, 3.8) is 0 Å². The van der Waals surface area contributed by atoms with Crippen molar-refractivity contribution in [2.24, 2.45) is 0 Å². The summed E-state index contributed by atoms with van der Waals surface area (Å²) in [5.41, 5.74) is 3.41. The van der Waals surface area contributed by atoms with Gasteiger partial charge >= 0.3 is 0 Å². The second-order valence-electron chi connectivity index (χ2n) is 6.43. The molecule has 2 amide bonds. The summed E-state index contributed by atoms with van der Waals surface area (Å²) in [4.78, 5) is 24.7. The first-order chi connectivity index (χ1) is 12.0.